The number of carbonyl (C=O) groups excluding carboxylic acids is 1. The van der Waals surface area contributed by atoms with Crippen LogP contribution in [0.1, 0.15) is 24.8 Å². The minimum atomic E-state index is -0.405. The van der Waals surface area contributed by atoms with E-state index in [0.717, 1.165) is 63.4 Å². The minimum absolute atomic E-state index is 0.140. The zero-order valence-electron chi connectivity index (χ0n) is 13.8. The number of ether oxygens (including phenoxy) is 2. The second-order valence-electron chi connectivity index (χ2n) is 6.35. The normalized spacial score (nSPS) is 20.6. The van der Waals surface area contributed by atoms with Gasteiger partial charge in [-0.25, -0.2) is 0 Å². The van der Waals surface area contributed by atoms with Crippen LogP contribution in [0.15, 0.2) is 24.3 Å². The van der Waals surface area contributed by atoms with Crippen LogP contribution in [0.25, 0.3) is 0 Å². The van der Waals surface area contributed by atoms with Crippen molar-refractivity contribution in [3.8, 4) is 5.75 Å². The number of para-hydroxylation sites is 1. The van der Waals surface area contributed by atoms with Crippen LogP contribution < -0.4 is 10.1 Å². The van der Waals surface area contributed by atoms with E-state index in [2.05, 4.69) is 10.2 Å². The highest BCUT2D eigenvalue weighted by atomic mass is 16.5. The van der Waals surface area contributed by atoms with E-state index >= 15 is 0 Å². The second kappa shape index (κ2) is 7.32. The predicted octanol–water partition coefficient (Wildman–Crippen LogP) is 1.57. The molecule has 1 saturated carbocycles. The zero-order chi connectivity index (χ0) is 16.1. The lowest BCUT2D eigenvalue weighted by atomic mass is 9.63. The molecule has 0 radical (unpaired) electrons. The molecule has 1 aromatic rings. The van der Waals surface area contributed by atoms with E-state index < -0.39 is 5.41 Å². The van der Waals surface area contributed by atoms with Crippen molar-refractivity contribution in [2.75, 3.05) is 46.5 Å². The van der Waals surface area contributed by atoms with Gasteiger partial charge < -0.3 is 14.8 Å². The van der Waals surface area contributed by atoms with Crippen molar-refractivity contribution in [1.82, 2.24) is 10.2 Å². The lowest BCUT2D eigenvalue weighted by molar-refractivity contribution is -0.130. The average Bonchev–Trinajstić information content (AvgIpc) is 2.55. The maximum atomic E-state index is 12.8. The third-order valence-electron chi connectivity index (χ3n) is 5.08. The Morgan fingerprint density at radius 1 is 1.30 bits per heavy atom. The second-order valence-corrected chi connectivity index (χ2v) is 6.35. The summed E-state index contributed by atoms with van der Waals surface area (Å²) in [5.41, 5.74) is 0.620. The summed E-state index contributed by atoms with van der Waals surface area (Å²) in [6, 6.07) is 7.90. The Bertz CT molecular complexity index is 537. The Hall–Kier alpha value is -1.59. The molecule has 23 heavy (non-hydrogen) atoms. The van der Waals surface area contributed by atoms with Gasteiger partial charge in [0.1, 0.15) is 5.75 Å². The number of rotatable bonds is 6. The van der Waals surface area contributed by atoms with Crippen LogP contribution >= 0.6 is 0 Å². The molecule has 2 fully saturated rings. The molecule has 0 unspecified atom stereocenters. The van der Waals surface area contributed by atoms with Crippen LogP contribution in [0, 0.1) is 0 Å². The number of morpholine rings is 1. The lowest BCUT2D eigenvalue weighted by Gasteiger charge is -2.41. The summed E-state index contributed by atoms with van der Waals surface area (Å²) in [6.45, 7) is 5.06. The van der Waals surface area contributed by atoms with E-state index in [1.807, 2.05) is 24.3 Å². The number of hydrogen-bond acceptors (Lipinski definition) is 4. The van der Waals surface area contributed by atoms with Gasteiger partial charge in [-0.15, -0.1) is 0 Å². The smallest absolute Gasteiger partial charge is 0.230 e. The number of hydrogen-bond donors (Lipinski definition) is 1. The van der Waals surface area contributed by atoms with E-state index in [-0.39, 0.29) is 5.91 Å². The fourth-order valence-electron chi connectivity index (χ4n) is 3.51. The Balaban J connectivity index is 1.62. The number of carbonyl (C=O) groups is 1. The summed E-state index contributed by atoms with van der Waals surface area (Å²) in [5, 5.41) is 3.15. The van der Waals surface area contributed by atoms with Gasteiger partial charge in [0.2, 0.25) is 5.91 Å². The van der Waals surface area contributed by atoms with Gasteiger partial charge in [-0.2, -0.15) is 0 Å². The molecule has 126 valence electrons. The van der Waals surface area contributed by atoms with Gasteiger partial charge in [0.05, 0.1) is 25.7 Å². The average molecular weight is 318 g/mol. The van der Waals surface area contributed by atoms with Crippen molar-refractivity contribution in [3.05, 3.63) is 29.8 Å². The van der Waals surface area contributed by atoms with Gasteiger partial charge in [-0.1, -0.05) is 24.6 Å². The number of nitrogens with zero attached hydrogens (tertiary/aromatic N) is 1. The minimum Gasteiger partial charge on any atom is -0.496 e. The highest BCUT2D eigenvalue weighted by Crippen LogP contribution is 2.47. The van der Waals surface area contributed by atoms with Crippen molar-refractivity contribution in [2.45, 2.75) is 24.7 Å². The van der Waals surface area contributed by atoms with Crippen LogP contribution in [0.2, 0.25) is 0 Å². The first-order valence-corrected chi connectivity index (χ1v) is 8.48. The van der Waals surface area contributed by atoms with Crippen LogP contribution in [0.4, 0.5) is 0 Å². The summed E-state index contributed by atoms with van der Waals surface area (Å²) in [7, 11) is 1.67. The molecule has 0 bridgehead atoms. The molecule has 3 rings (SSSR count). The van der Waals surface area contributed by atoms with Crippen molar-refractivity contribution >= 4 is 5.91 Å². The molecule has 5 nitrogen and oxygen atoms in total. The predicted molar refractivity (Wildman–Crippen MR) is 88.8 cm³/mol. The van der Waals surface area contributed by atoms with Crippen molar-refractivity contribution in [2.24, 2.45) is 0 Å². The Morgan fingerprint density at radius 2 is 2.04 bits per heavy atom. The summed E-state index contributed by atoms with van der Waals surface area (Å²) in [5.74, 6) is 0.956. The summed E-state index contributed by atoms with van der Waals surface area (Å²) in [6.07, 6.45) is 2.89. The van der Waals surface area contributed by atoms with Crippen molar-refractivity contribution in [1.29, 1.82) is 0 Å². The Kier molecular flexibility index (Phi) is 5.18. The third kappa shape index (κ3) is 3.35. The highest BCUT2D eigenvalue weighted by Gasteiger charge is 2.47. The molecule has 1 heterocycles. The fraction of sp³-hybridized carbons (Fsp3) is 0.611. The first-order chi connectivity index (χ1) is 11.3. The monoisotopic (exact) mass is 318 g/mol. The molecule has 0 atom stereocenters. The molecule has 1 amide bonds. The molecule has 1 aromatic carbocycles. The van der Waals surface area contributed by atoms with E-state index in [1.54, 1.807) is 7.11 Å². The maximum absolute atomic E-state index is 12.8. The van der Waals surface area contributed by atoms with Crippen molar-refractivity contribution in [3.63, 3.8) is 0 Å². The molecule has 0 aromatic heterocycles. The first kappa shape index (κ1) is 16.3. The molecule has 0 spiro atoms. The standard InChI is InChI=1S/C18H26N2O3/c1-22-16-6-3-2-5-15(16)18(7-4-8-18)17(21)19-9-10-20-11-13-23-14-12-20/h2-3,5-6H,4,7-14H2,1H3,(H,19,21). The van der Waals surface area contributed by atoms with Gasteiger partial charge in [0.15, 0.2) is 0 Å². The van der Waals surface area contributed by atoms with E-state index in [9.17, 15) is 4.79 Å². The molecular weight excluding hydrogens is 292 g/mol. The highest BCUT2D eigenvalue weighted by molar-refractivity contribution is 5.90. The lowest BCUT2D eigenvalue weighted by Crippen LogP contribution is -2.51. The number of benzene rings is 1. The zero-order valence-corrected chi connectivity index (χ0v) is 13.8. The van der Waals surface area contributed by atoms with Gasteiger partial charge in [0, 0.05) is 31.7 Å². The van der Waals surface area contributed by atoms with E-state index in [0.29, 0.717) is 6.54 Å². The van der Waals surface area contributed by atoms with Crippen LogP contribution in [-0.2, 0) is 14.9 Å². The molecule has 2 aliphatic rings. The van der Waals surface area contributed by atoms with Crippen LogP contribution in [0.5, 0.6) is 5.75 Å². The van der Waals surface area contributed by atoms with E-state index in [4.69, 9.17) is 9.47 Å². The van der Waals surface area contributed by atoms with Crippen LogP contribution in [0.3, 0.4) is 0 Å². The summed E-state index contributed by atoms with van der Waals surface area (Å²) >= 11 is 0. The molecule has 1 aliphatic heterocycles. The largest absolute Gasteiger partial charge is 0.496 e. The molecule has 5 heteroatoms. The molecular formula is C18H26N2O3. The van der Waals surface area contributed by atoms with Crippen LogP contribution in [-0.4, -0.2) is 57.3 Å². The molecule has 1 aliphatic carbocycles. The number of methoxy groups -OCH3 is 1. The van der Waals surface area contributed by atoms with Crippen molar-refractivity contribution < 1.29 is 14.3 Å². The first-order valence-electron chi connectivity index (χ1n) is 8.48. The number of nitrogens with one attached hydrogen (secondary N) is 1. The topological polar surface area (TPSA) is 50.8 Å². The number of amides is 1. The molecule has 1 N–H and O–H groups in total. The molecule has 1 saturated heterocycles. The Morgan fingerprint density at radius 3 is 2.70 bits per heavy atom. The summed E-state index contributed by atoms with van der Waals surface area (Å²) < 4.78 is 10.8. The third-order valence-corrected chi connectivity index (χ3v) is 5.08. The SMILES string of the molecule is COc1ccccc1C1(C(=O)NCCN2CCOCC2)CCC1. The fourth-order valence-corrected chi connectivity index (χ4v) is 3.51. The quantitative estimate of drug-likeness (QED) is 0.865. The Labute approximate surface area is 137 Å². The van der Waals surface area contributed by atoms with Gasteiger partial charge >= 0.3 is 0 Å². The maximum Gasteiger partial charge on any atom is 0.230 e. The van der Waals surface area contributed by atoms with E-state index in [1.165, 1.54) is 0 Å². The summed E-state index contributed by atoms with van der Waals surface area (Å²) in [4.78, 5) is 15.2. The van der Waals surface area contributed by atoms with Gasteiger partial charge in [-0.3, -0.25) is 9.69 Å². The van der Waals surface area contributed by atoms with Gasteiger partial charge in [0.25, 0.3) is 0 Å². The van der Waals surface area contributed by atoms with Gasteiger partial charge in [-0.05, 0) is 18.9 Å².